The van der Waals surface area contributed by atoms with Gasteiger partial charge in [0.1, 0.15) is 5.75 Å². The van der Waals surface area contributed by atoms with Crippen molar-refractivity contribution in [1.82, 2.24) is 0 Å². The van der Waals surface area contributed by atoms with Crippen molar-refractivity contribution in [1.29, 1.82) is 0 Å². The van der Waals surface area contributed by atoms with E-state index < -0.39 is 6.16 Å². The van der Waals surface area contributed by atoms with Gasteiger partial charge in [-0.25, -0.2) is 4.79 Å². The predicted octanol–water partition coefficient (Wildman–Crippen LogP) is 2.70. The minimum absolute atomic E-state index is 0.442. The first-order chi connectivity index (χ1) is 6.24. The number of hydrogen-bond donors (Lipinski definition) is 1. The summed E-state index contributed by atoms with van der Waals surface area (Å²) < 4.78 is 4.61. The van der Waals surface area contributed by atoms with Gasteiger partial charge >= 0.3 is 6.16 Å². The minimum Gasteiger partial charge on any atom is -0.449 e. The zero-order valence-electron chi connectivity index (χ0n) is 7.49. The number of rotatable bonds is 3. The van der Waals surface area contributed by atoms with Crippen LogP contribution in [0.25, 0.3) is 0 Å². The summed E-state index contributed by atoms with van der Waals surface area (Å²) in [6.45, 7) is 2.04. The van der Waals surface area contributed by atoms with Crippen LogP contribution in [0.1, 0.15) is 18.9 Å². The van der Waals surface area contributed by atoms with Crippen LogP contribution >= 0.6 is 0 Å². The number of para-hydroxylation sites is 1. The van der Waals surface area contributed by atoms with Gasteiger partial charge < -0.3 is 9.84 Å². The molecule has 0 saturated heterocycles. The molecular formula is C10H12O3. The van der Waals surface area contributed by atoms with Gasteiger partial charge in [-0.15, -0.1) is 0 Å². The molecule has 1 N–H and O–H groups in total. The molecule has 0 unspecified atom stereocenters. The maximum Gasteiger partial charge on any atom is 0.511 e. The standard InChI is InChI=1S/C10H12O3/c1-2-5-8-6-3-4-7-9(8)13-10(11)12/h3-4,6-7H,2,5H2,1H3,(H,11,12). The summed E-state index contributed by atoms with van der Waals surface area (Å²) >= 11 is 0. The number of ether oxygens (including phenoxy) is 1. The number of hydrogen-bond acceptors (Lipinski definition) is 2. The maximum atomic E-state index is 10.3. The smallest absolute Gasteiger partial charge is 0.449 e. The van der Waals surface area contributed by atoms with Gasteiger partial charge in [-0.2, -0.15) is 0 Å². The van der Waals surface area contributed by atoms with Gasteiger partial charge in [-0.1, -0.05) is 31.5 Å². The van der Waals surface area contributed by atoms with E-state index in [9.17, 15) is 4.79 Å². The van der Waals surface area contributed by atoms with Crippen molar-refractivity contribution in [3.8, 4) is 5.75 Å². The van der Waals surface area contributed by atoms with Gasteiger partial charge in [0.05, 0.1) is 0 Å². The molecule has 0 aliphatic heterocycles. The van der Waals surface area contributed by atoms with E-state index in [1.165, 1.54) is 0 Å². The lowest BCUT2D eigenvalue weighted by Crippen LogP contribution is -2.05. The molecule has 0 aromatic heterocycles. The fraction of sp³-hybridized carbons (Fsp3) is 0.300. The second kappa shape index (κ2) is 4.50. The third-order valence-corrected chi connectivity index (χ3v) is 1.69. The molecule has 3 nitrogen and oxygen atoms in total. The third-order valence-electron chi connectivity index (χ3n) is 1.69. The summed E-state index contributed by atoms with van der Waals surface area (Å²) in [7, 11) is 0. The highest BCUT2D eigenvalue weighted by molar-refractivity contribution is 5.62. The highest BCUT2D eigenvalue weighted by Gasteiger charge is 2.05. The molecule has 1 aromatic rings. The van der Waals surface area contributed by atoms with Crippen molar-refractivity contribution in [2.24, 2.45) is 0 Å². The number of carboxylic acid groups (broad SMARTS) is 1. The Morgan fingerprint density at radius 3 is 2.77 bits per heavy atom. The van der Waals surface area contributed by atoms with Crippen molar-refractivity contribution in [3.05, 3.63) is 29.8 Å². The fourth-order valence-electron chi connectivity index (χ4n) is 1.17. The van der Waals surface area contributed by atoms with Crippen molar-refractivity contribution < 1.29 is 14.6 Å². The van der Waals surface area contributed by atoms with Crippen LogP contribution in [-0.4, -0.2) is 11.3 Å². The zero-order chi connectivity index (χ0) is 9.68. The van der Waals surface area contributed by atoms with Crippen LogP contribution in [0.5, 0.6) is 5.75 Å². The minimum atomic E-state index is -1.26. The van der Waals surface area contributed by atoms with Gasteiger partial charge in [-0.3, -0.25) is 0 Å². The Hall–Kier alpha value is -1.51. The van der Waals surface area contributed by atoms with E-state index in [-0.39, 0.29) is 0 Å². The average Bonchev–Trinajstić information content (AvgIpc) is 2.08. The second-order valence-electron chi connectivity index (χ2n) is 2.73. The molecule has 0 atom stereocenters. The summed E-state index contributed by atoms with van der Waals surface area (Å²) in [5.41, 5.74) is 0.937. The SMILES string of the molecule is CCCc1ccccc1OC(=O)O. The van der Waals surface area contributed by atoms with E-state index in [4.69, 9.17) is 5.11 Å². The lowest BCUT2D eigenvalue weighted by Gasteiger charge is -2.05. The Kier molecular flexibility index (Phi) is 3.31. The molecule has 0 saturated carbocycles. The molecule has 0 amide bonds. The van der Waals surface area contributed by atoms with E-state index in [1.54, 1.807) is 12.1 Å². The molecule has 0 fully saturated rings. The summed E-state index contributed by atoms with van der Waals surface area (Å²) in [6, 6.07) is 7.18. The monoisotopic (exact) mass is 180 g/mol. The quantitative estimate of drug-likeness (QED) is 0.574. The number of carbonyl (C=O) groups is 1. The molecule has 0 aliphatic carbocycles. The van der Waals surface area contributed by atoms with Crippen LogP contribution < -0.4 is 4.74 Å². The topological polar surface area (TPSA) is 46.5 Å². The first-order valence-electron chi connectivity index (χ1n) is 4.22. The van der Waals surface area contributed by atoms with Crippen LogP contribution in [0.3, 0.4) is 0 Å². The fourth-order valence-corrected chi connectivity index (χ4v) is 1.17. The molecule has 0 aliphatic rings. The lowest BCUT2D eigenvalue weighted by atomic mass is 10.1. The van der Waals surface area contributed by atoms with E-state index in [0.29, 0.717) is 5.75 Å². The zero-order valence-corrected chi connectivity index (χ0v) is 7.49. The third kappa shape index (κ3) is 2.78. The average molecular weight is 180 g/mol. The van der Waals surface area contributed by atoms with Gasteiger partial charge in [0.15, 0.2) is 0 Å². The van der Waals surface area contributed by atoms with E-state index in [0.717, 1.165) is 18.4 Å². The Morgan fingerprint density at radius 2 is 2.15 bits per heavy atom. The van der Waals surface area contributed by atoms with E-state index in [1.807, 2.05) is 19.1 Å². The van der Waals surface area contributed by atoms with Crippen molar-refractivity contribution in [2.45, 2.75) is 19.8 Å². The molecule has 1 rings (SSSR count). The number of aryl methyl sites for hydroxylation is 1. The first kappa shape index (κ1) is 9.58. The van der Waals surface area contributed by atoms with Gasteiger partial charge in [0.2, 0.25) is 0 Å². The molecule has 0 heterocycles. The highest BCUT2D eigenvalue weighted by atomic mass is 16.7. The van der Waals surface area contributed by atoms with E-state index >= 15 is 0 Å². The Bertz CT molecular complexity index is 294. The van der Waals surface area contributed by atoms with Crippen LogP contribution in [0.2, 0.25) is 0 Å². The summed E-state index contributed by atoms with van der Waals surface area (Å²) in [5.74, 6) is 0.442. The molecule has 1 aromatic carbocycles. The molecular weight excluding hydrogens is 168 g/mol. The van der Waals surface area contributed by atoms with Crippen LogP contribution in [0.15, 0.2) is 24.3 Å². The normalized spacial score (nSPS) is 9.62. The maximum absolute atomic E-state index is 10.3. The molecule has 70 valence electrons. The van der Waals surface area contributed by atoms with Gasteiger partial charge in [0, 0.05) is 0 Å². The van der Waals surface area contributed by atoms with Crippen molar-refractivity contribution in [2.75, 3.05) is 0 Å². The molecule has 0 radical (unpaired) electrons. The first-order valence-corrected chi connectivity index (χ1v) is 4.22. The highest BCUT2D eigenvalue weighted by Crippen LogP contribution is 2.19. The Labute approximate surface area is 77.0 Å². The van der Waals surface area contributed by atoms with Crippen molar-refractivity contribution >= 4 is 6.16 Å². The van der Waals surface area contributed by atoms with Crippen LogP contribution in [0.4, 0.5) is 4.79 Å². The summed E-state index contributed by atoms with van der Waals surface area (Å²) in [4.78, 5) is 10.3. The predicted molar refractivity (Wildman–Crippen MR) is 49.1 cm³/mol. The Balaban J connectivity index is 2.84. The van der Waals surface area contributed by atoms with Gasteiger partial charge in [0.25, 0.3) is 0 Å². The molecule has 3 heteroatoms. The molecule has 0 spiro atoms. The Morgan fingerprint density at radius 1 is 1.46 bits per heavy atom. The second-order valence-corrected chi connectivity index (χ2v) is 2.73. The van der Waals surface area contributed by atoms with Gasteiger partial charge in [-0.05, 0) is 18.1 Å². The summed E-state index contributed by atoms with van der Waals surface area (Å²) in [5, 5.41) is 8.44. The molecule has 13 heavy (non-hydrogen) atoms. The van der Waals surface area contributed by atoms with E-state index in [2.05, 4.69) is 4.74 Å². The lowest BCUT2D eigenvalue weighted by molar-refractivity contribution is 0.144. The van der Waals surface area contributed by atoms with Crippen LogP contribution in [0, 0.1) is 0 Å². The van der Waals surface area contributed by atoms with Crippen molar-refractivity contribution in [3.63, 3.8) is 0 Å². The number of benzene rings is 1. The molecule has 0 bridgehead atoms. The largest absolute Gasteiger partial charge is 0.511 e. The van der Waals surface area contributed by atoms with Crippen LogP contribution in [-0.2, 0) is 6.42 Å². The summed E-state index contributed by atoms with van der Waals surface area (Å²) in [6.07, 6.45) is 0.548.